The third-order valence-electron chi connectivity index (χ3n) is 3.76. The lowest BCUT2D eigenvalue weighted by Gasteiger charge is -2.15. The van der Waals surface area contributed by atoms with Crippen molar-refractivity contribution >= 4 is 35.1 Å². The molecule has 0 spiro atoms. The molecule has 1 heterocycles. The Labute approximate surface area is 143 Å². The molecule has 1 N–H and O–H groups in total. The van der Waals surface area contributed by atoms with E-state index in [0.717, 1.165) is 35.6 Å². The van der Waals surface area contributed by atoms with E-state index in [1.165, 1.54) is 11.8 Å². The first-order valence-electron chi connectivity index (χ1n) is 8.27. The zero-order chi connectivity index (χ0) is 17.6. The monoisotopic (exact) mass is 340 g/mol. The van der Waals surface area contributed by atoms with Gasteiger partial charge in [-0.25, -0.2) is 0 Å². The number of likely N-dealkylation sites (tertiary alicyclic amines) is 1. The second-order valence-corrected chi connectivity index (χ2v) is 8.12. The molecule has 23 heavy (non-hydrogen) atoms. The first-order valence-corrected chi connectivity index (χ1v) is 9.32. The molecular weight excluding hydrogens is 312 g/mol. The van der Waals surface area contributed by atoms with Crippen LogP contribution in [-0.2, 0) is 14.4 Å². The number of carbonyl (C=O) groups excluding carboxylic acids is 3. The van der Waals surface area contributed by atoms with Crippen LogP contribution in [0.2, 0.25) is 0 Å². The van der Waals surface area contributed by atoms with Gasteiger partial charge in [0.05, 0.1) is 11.8 Å². The Hall–Kier alpha value is -1.17. The number of rotatable bonds is 10. The number of amides is 2. The molecule has 0 aromatic rings. The summed E-state index contributed by atoms with van der Waals surface area (Å²) in [5.41, 5.74) is 0.749. The molecule has 2 amide bonds. The van der Waals surface area contributed by atoms with Gasteiger partial charge in [0.25, 0.3) is 0 Å². The molecule has 0 saturated carbocycles. The second-order valence-electron chi connectivity index (χ2n) is 6.81. The summed E-state index contributed by atoms with van der Waals surface area (Å²) < 4.78 is 0. The highest BCUT2D eigenvalue weighted by atomic mass is 32.2. The van der Waals surface area contributed by atoms with Gasteiger partial charge in [-0.1, -0.05) is 27.7 Å². The lowest BCUT2D eigenvalue weighted by Crippen LogP contribution is -2.37. The van der Waals surface area contributed by atoms with Crippen LogP contribution in [0, 0.1) is 17.2 Å². The minimum atomic E-state index is -0.359. The summed E-state index contributed by atoms with van der Waals surface area (Å²) in [6, 6.07) is 0. The molecule has 1 rings (SSSR count). The molecule has 1 unspecified atom stereocenters. The molecule has 5 nitrogen and oxygen atoms in total. The normalized spacial score (nSPS) is 18.3. The number of imide groups is 1. The molecular formula is C17H28N2O3S. The second kappa shape index (κ2) is 9.21. The zero-order valence-corrected chi connectivity index (χ0v) is 15.4. The fraction of sp³-hybridized carbons (Fsp3) is 0.765. The van der Waals surface area contributed by atoms with Gasteiger partial charge in [0.1, 0.15) is 0 Å². The van der Waals surface area contributed by atoms with Crippen molar-refractivity contribution in [2.24, 2.45) is 11.8 Å². The summed E-state index contributed by atoms with van der Waals surface area (Å²) in [5, 5.41) is 7.49. The highest BCUT2D eigenvalue weighted by Crippen LogP contribution is 2.26. The molecule has 0 aromatic heterocycles. The van der Waals surface area contributed by atoms with Gasteiger partial charge >= 0.3 is 0 Å². The number of hydrogen-bond donors (Lipinski definition) is 1. The van der Waals surface area contributed by atoms with Crippen molar-refractivity contribution in [3.8, 4) is 0 Å². The van der Waals surface area contributed by atoms with Crippen LogP contribution in [0.3, 0.4) is 0 Å². The minimum absolute atomic E-state index is 0.0838. The van der Waals surface area contributed by atoms with E-state index < -0.39 is 0 Å². The first-order chi connectivity index (χ1) is 10.7. The third kappa shape index (κ3) is 6.45. The van der Waals surface area contributed by atoms with Crippen LogP contribution in [0.15, 0.2) is 0 Å². The Balaban J connectivity index is 2.36. The molecule has 1 saturated heterocycles. The number of hydrogen-bond acceptors (Lipinski definition) is 5. The third-order valence-corrected chi connectivity index (χ3v) is 5.05. The molecule has 1 aliphatic rings. The van der Waals surface area contributed by atoms with Gasteiger partial charge in [-0.05, 0) is 30.9 Å². The summed E-state index contributed by atoms with van der Waals surface area (Å²) in [7, 11) is 0. The van der Waals surface area contributed by atoms with Gasteiger partial charge in [-0.2, -0.15) is 0 Å². The molecule has 6 heteroatoms. The Kier molecular flexibility index (Phi) is 7.95. The molecule has 1 aliphatic heterocycles. The van der Waals surface area contributed by atoms with Crippen LogP contribution < -0.4 is 0 Å². The van der Waals surface area contributed by atoms with Gasteiger partial charge in [0, 0.05) is 18.1 Å². The Morgan fingerprint density at radius 2 is 1.96 bits per heavy atom. The Bertz CT molecular complexity index is 474. The van der Waals surface area contributed by atoms with E-state index in [-0.39, 0.29) is 41.7 Å². The maximum absolute atomic E-state index is 12.2. The number of nitrogens with zero attached hydrogens (tertiary/aromatic N) is 1. The largest absolute Gasteiger partial charge is 0.310 e. The smallest absolute Gasteiger partial charge is 0.243 e. The number of carbonyl (C=O) groups is 3. The number of thioether (sulfide) groups is 1. The van der Waals surface area contributed by atoms with E-state index >= 15 is 0 Å². The van der Waals surface area contributed by atoms with Crippen molar-refractivity contribution in [1.29, 1.82) is 5.41 Å². The van der Waals surface area contributed by atoms with Crippen LogP contribution in [-0.4, -0.2) is 45.8 Å². The zero-order valence-electron chi connectivity index (χ0n) is 14.6. The molecule has 0 aliphatic carbocycles. The van der Waals surface area contributed by atoms with E-state index in [1.54, 1.807) is 13.8 Å². The van der Waals surface area contributed by atoms with Gasteiger partial charge in [-0.3, -0.25) is 19.3 Å². The van der Waals surface area contributed by atoms with Crippen molar-refractivity contribution < 1.29 is 14.4 Å². The lowest BCUT2D eigenvalue weighted by atomic mass is 10.0. The van der Waals surface area contributed by atoms with Crippen molar-refractivity contribution in [3.05, 3.63) is 0 Å². The molecule has 130 valence electrons. The van der Waals surface area contributed by atoms with Crippen molar-refractivity contribution in [2.75, 3.05) is 12.3 Å². The van der Waals surface area contributed by atoms with E-state index in [9.17, 15) is 14.4 Å². The Morgan fingerprint density at radius 3 is 2.52 bits per heavy atom. The molecule has 1 fully saturated rings. The van der Waals surface area contributed by atoms with E-state index in [4.69, 9.17) is 5.41 Å². The highest BCUT2D eigenvalue weighted by Gasteiger charge is 2.39. The summed E-state index contributed by atoms with van der Waals surface area (Å²) in [5.74, 6) is 0.529. The quantitative estimate of drug-likeness (QED) is 0.377. The van der Waals surface area contributed by atoms with Crippen molar-refractivity contribution in [3.63, 3.8) is 0 Å². The summed E-state index contributed by atoms with van der Waals surface area (Å²) >= 11 is 1.48. The SMILES string of the molecule is CC(C)CC(=N)CCCSC1CC(=O)N(CC(=O)C(C)C)C1=O. The molecule has 0 aromatic carbocycles. The number of ketones is 1. The maximum atomic E-state index is 12.2. The predicted molar refractivity (Wildman–Crippen MR) is 93.8 cm³/mol. The standard InChI is InChI=1S/C17H28N2O3S/c1-11(2)8-13(18)6-5-7-23-15-9-16(21)19(17(15)22)10-14(20)12(3)4/h11-12,15,18H,5-10H2,1-4H3. The van der Waals surface area contributed by atoms with E-state index in [1.807, 2.05) is 0 Å². The fourth-order valence-electron chi connectivity index (χ4n) is 2.39. The van der Waals surface area contributed by atoms with Crippen molar-refractivity contribution in [2.45, 2.75) is 58.6 Å². The van der Waals surface area contributed by atoms with Crippen LogP contribution in [0.1, 0.15) is 53.4 Å². The lowest BCUT2D eigenvalue weighted by molar-refractivity contribution is -0.142. The maximum Gasteiger partial charge on any atom is 0.243 e. The molecule has 0 radical (unpaired) electrons. The summed E-state index contributed by atoms with van der Waals surface area (Å²) in [6.07, 6.45) is 2.60. The van der Waals surface area contributed by atoms with E-state index in [0.29, 0.717) is 5.92 Å². The first kappa shape index (κ1) is 19.9. The average Bonchev–Trinajstić information content (AvgIpc) is 2.70. The van der Waals surface area contributed by atoms with Crippen LogP contribution in [0.4, 0.5) is 0 Å². The topological polar surface area (TPSA) is 78.3 Å². The summed E-state index contributed by atoms with van der Waals surface area (Å²) in [4.78, 5) is 37.0. The van der Waals surface area contributed by atoms with Crippen LogP contribution >= 0.6 is 11.8 Å². The van der Waals surface area contributed by atoms with Gasteiger partial charge in [0.2, 0.25) is 11.8 Å². The number of Topliss-reactive ketones (excluding diaryl/α,β-unsaturated/α-hetero) is 1. The molecule has 1 atom stereocenters. The van der Waals surface area contributed by atoms with Crippen molar-refractivity contribution in [1.82, 2.24) is 4.90 Å². The van der Waals surface area contributed by atoms with Gasteiger partial charge < -0.3 is 5.41 Å². The Morgan fingerprint density at radius 1 is 1.30 bits per heavy atom. The predicted octanol–water partition coefficient (Wildman–Crippen LogP) is 2.92. The van der Waals surface area contributed by atoms with Crippen LogP contribution in [0.5, 0.6) is 0 Å². The van der Waals surface area contributed by atoms with Gasteiger partial charge in [-0.15, -0.1) is 11.8 Å². The minimum Gasteiger partial charge on any atom is -0.310 e. The van der Waals surface area contributed by atoms with Crippen LogP contribution in [0.25, 0.3) is 0 Å². The highest BCUT2D eigenvalue weighted by molar-refractivity contribution is 8.00. The fourth-order valence-corrected chi connectivity index (χ4v) is 3.52. The van der Waals surface area contributed by atoms with Gasteiger partial charge in [0.15, 0.2) is 5.78 Å². The number of nitrogens with one attached hydrogen (secondary N) is 1. The van der Waals surface area contributed by atoms with E-state index in [2.05, 4.69) is 13.8 Å². The average molecular weight is 340 g/mol. The molecule has 0 bridgehead atoms. The summed E-state index contributed by atoms with van der Waals surface area (Å²) in [6.45, 7) is 7.64.